The molecule has 2 atom stereocenters. The van der Waals surface area contributed by atoms with Crippen molar-refractivity contribution in [1.29, 1.82) is 0 Å². The molecule has 0 aromatic heterocycles. The minimum absolute atomic E-state index is 0.151. The van der Waals surface area contributed by atoms with Crippen molar-refractivity contribution in [1.82, 2.24) is 5.32 Å². The first-order chi connectivity index (χ1) is 10.3. The first kappa shape index (κ1) is 19.4. The summed E-state index contributed by atoms with van der Waals surface area (Å²) in [6, 6.07) is -0.490. The average Bonchev–Trinajstić information content (AvgIpc) is 2.47. The first-order valence-electron chi connectivity index (χ1n) is 8.01. The predicted octanol–water partition coefficient (Wildman–Crippen LogP) is 2.42. The van der Waals surface area contributed by atoms with Gasteiger partial charge in [-0.3, -0.25) is 9.36 Å². The summed E-state index contributed by atoms with van der Waals surface area (Å²) >= 11 is 0. The van der Waals surface area contributed by atoms with Crippen LogP contribution in [0.3, 0.4) is 0 Å². The molecule has 6 nitrogen and oxygen atoms in total. The third-order valence-electron chi connectivity index (χ3n) is 4.18. The van der Waals surface area contributed by atoms with E-state index in [2.05, 4.69) is 5.32 Å². The van der Waals surface area contributed by atoms with Crippen molar-refractivity contribution in [2.75, 3.05) is 13.2 Å². The standard InChI is InChI=1S/C15H28NO5P/c1-4-11(5-2)9-14(22(18,19)20)12-7-8-16-13(10-12)15(17)21-6-3/h9,11-13,16H,4-8,10H2,1-3H3,(H2,18,19,20)/b14-9-. The summed E-state index contributed by atoms with van der Waals surface area (Å²) in [7, 11) is -4.32. The lowest BCUT2D eigenvalue weighted by Gasteiger charge is -2.31. The number of hydrogen-bond acceptors (Lipinski definition) is 4. The summed E-state index contributed by atoms with van der Waals surface area (Å²) in [5.41, 5.74) is 0. The van der Waals surface area contributed by atoms with E-state index in [-0.39, 0.29) is 23.1 Å². The molecule has 0 aliphatic carbocycles. The van der Waals surface area contributed by atoms with Crippen LogP contribution in [0.25, 0.3) is 0 Å². The van der Waals surface area contributed by atoms with Crippen LogP contribution in [0.15, 0.2) is 11.4 Å². The Morgan fingerprint density at radius 3 is 2.50 bits per heavy atom. The van der Waals surface area contributed by atoms with E-state index in [1.54, 1.807) is 13.0 Å². The molecule has 0 radical (unpaired) electrons. The van der Waals surface area contributed by atoms with Crippen molar-refractivity contribution in [2.24, 2.45) is 11.8 Å². The van der Waals surface area contributed by atoms with Crippen molar-refractivity contribution >= 4 is 13.6 Å². The number of carbonyl (C=O) groups excluding carboxylic acids is 1. The van der Waals surface area contributed by atoms with Crippen LogP contribution in [0.5, 0.6) is 0 Å². The molecule has 0 spiro atoms. The van der Waals surface area contributed by atoms with Gasteiger partial charge in [-0.25, -0.2) is 0 Å². The summed E-state index contributed by atoms with van der Waals surface area (Å²) in [6.45, 7) is 6.61. The molecule has 0 aromatic rings. The van der Waals surface area contributed by atoms with Crippen LogP contribution >= 0.6 is 7.60 Å². The van der Waals surface area contributed by atoms with Crippen LogP contribution < -0.4 is 5.32 Å². The quantitative estimate of drug-likeness (QED) is 0.489. The monoisotopic (exact) mass is 333 g/mol. The van der Waals surface area contributed by atoms with Crippen LogP contribution in [0.1, 0.15) is 46.5 Å². The molecule has 0 amide bonds. The van der Waals surface area contributed by atoms with E-state index in [0.29, 0.717) is 26.0 Å². The summed E-state index contributed by atoms with van der Waals surface area (Å²) in [5, 5.41) is 3.26. The van der Waals surface area contributed by atoms with Gasteiger partial charge in [-0.15, -0.1) is 0 Å². The number of hydrogen-bond donors (Lipinski definition) is 3. The van der Waals surface area contributed by atoms with Gasteiger partial charge < -0.3 is 19.8 Å². The Balaban J connectivity index is 2.95. The molecule has 1 saturated heterocycles. The number of allylic oxidation sites excluding steroid dienone is 2. The zero-order valence-electron chi connectivity index (χ0n) is 13.6. The molecule has 0 saturated carbocycles. The molecule has 0 aromatic carbocycles. The van der Waals surface area contributed by atoms with Gasteiger partial charge in [-0.05, 0) is 51.0 Å². The lowest BCUT2D eigenvalue weighted by Crippen LogP contribution is -2.44. The van der Waals surface area contributed by atoms with Gasteiger partial charge in [0.05, 0.1) is 6.61 Å². The number of carbonyl (C=O) groups is 1. The van der Waals surface area contributed by atoms with E-state index in [1.807, 2.05) is 13.8 Å². The molecular weight excluding hydrogens is 305 g/mol. The highest BCUT2D eigenvalue weighted by Crippen LogP contribution is 2.52. The maximum Gasteiger partial charge on any atom is 0.352 e. The van der Waals surface area contributed by atoms with Crippen LogP contribution in [-0.2, 0) is 14.1 Å². The molecular formula is C15H28NO5P. The first-order valence-corrected chi connectivity index (χ1v) is 9.62. The molecule has 1 rings (SSSR count). The Hall–Kier alpha value is -0.680. The van der Waals surface area contributed by atoms with E-state index in [4.69, 9.17) is 4.74 Å². The van der Waals surface area contributed by atoms with Crippen molar-refractivity contribution < 1.29 is 23.9 Å². The second kappa shape index (κ2) is 8.82. The number of piperidine rings is 1. The van der Waals surface area contributed by atoms with Gasteiger partial charge in [-0.2, -0.15) is 0 Å². The maximum absolute atomic E-state index is 11.9. The van der Waals surface area contributed by atoms with Gasteiger partial charge in [0.15, 0.2) is 0 Å². The summed E-state index contributed by atoms with van der Waals surface area (Å²) < 4.78 is 16.9. The molecule has 2 unspecified atom stereocenters. The number of esters is 1. The van der Waals surface area contributed by atoms with E-state index < -0.39 is 13.6 Å². The molecule has 1 aliphatic rings. The number of rotatable bonds is 7. The molecule has 1 aliphatic heterocycles. The fourth-order valence-electron chi connectivity index (χ4n) is 2.85. The third kappa shape index (κ3) is 5.51. The van der Waals surface area contributed by atoms with Crippen molar-refractivity contribution in [3.8, 4) is 0 Å². The van der Waals surface area contributed by atoms with Crippen LogP contribution in [0.4, 0.5) is 0 Å². The molecule has 1 fully saturated rings. The van der Waals surface area contributed by atoms with Gasteiger partial charge in [0.1, 0.15) is 6.04 Å². The van der Waals surface area contributed by atoms with Gasteiger partial charge >= 0.3 is 13.6 Å². The van der Waals surface area contributed by atoms with Crippen molar-refractivity contribution in [3.63, 3.8) is 0 Å². The summed E-state index contributed by atoms with van der Waals surface area (Å²) in [6.07, 6.45) is 4.40. The Kier molecular flexibility index (Phi) is 7.77. The van der Waals surface area contributed by atoms with Crippen molar-refractivity contribution in [2.45, 2.75) is 52.5 Å². The van der Waals surface area contributed by atoms with E-state index in [1.165, 1.54) is 0 Å². The normalized spacial score (nSPS) is 23.6. The van der Waals surface area contributed by atoms with Crippen LogP contribution in [-0.4, -0.2) is 34.9 Å². The highest BCUT2D eigenvalue weighted by Gasteiger charge is 2.36. The highest BCUT2D eigenvalue weighted by molar-refractivity contribution is 7.56. The molecule has 22 heavy (non-hydrogen) atoms. The maximum atomic E-state index is 11.9. The Morgan fingerprint density at radius 2 is 2.00 bits per heavy atom. The topological polar surface area (TPSA) is 95.9 Å². The molecule has 7 heteroatoms. The Bertz CT molecular complexity index is 441. The lowest BCUT2D eigenvalue weighted by atomic mass is 9.90. The van der Waals surface area contributed by atoms with E-state index >= 15 is 0 Å². The SMILES string of the molecule is CCOC(=O)C1CC(/C(=C/C(CC)CC)P(=O)(O)O)CCN1. The zero-order chi connectivity index (χ0) is 16.8. The largest absolute Gasteiger partial charge is 0.465 e. The average molecular weight is 333 g/mol. The van der Waals surface area contributed by atoms with Gasteiger partial charge in [0.25, 0.3) is 0 Å². The smallest absolute Gasteiger partial charge is 0.352 e. The lowest BCUT2D eigenvalue weighted by molar-refractivity contribution is -0.146. The fourth-order valence-corrected chi connectivity index (χ4v) is 3.96. The molecule has 3 N–H and O–H groups in total. The Morgan fingerprint density at radius 1 is 1.36 bits per heavy atom. The Labute approximate surface area is 132 Å². The van der Waals surface area contributed by atoms with E-state index in [9.17, 15) is 19.1 Å². The number of nitrogens with one attached hydrogen (secondary N) is 1. The van der Waals surface area contributed by atoms with Gasteiger partial charge in [-0.1, -0.05) is 19.9 Å². The van der Waals surface area contributed by atoms with Crippen molar-refractivity contribution in [3.05, 3.63) is 11.4 Å². The minimum atomic E-state index is -4.32. The highest BCUT2D eigenvalue weighted by atomic mass is 31.2. The van der Waals surface area contributed by atoms with Crippen LogP contribution in [0.2, 0.25) is 0 Å². The second-order valence-corrected chi connectivity index (χ2v) is 7.30. The fraction of sp³-hybridized carbons (Fsp3) is 0.800. The van der Waals surface area contributed by atoms with E-state index in [0.717, 1.165) is 12.8 Å². The van der Waals surface area contributed by atoms with Gasteiger partial charge in [0, 0.05) is 5.31 Å². The predicted molar refractivity (Wildman–Crippen MR) is 85.3 cm³/mol. The molecule has 0 bridgehead atoms. The zero-order valence-corrected chi connectivity index (χ0v) is 14.5. The minimum Gasteiger partial charge on any atom is -0.465 e. The molecule has 1 heterocycles. The number of ether oxygens (including phenoxy) is 1. The summed E-state index contributed by atoms with van der Waals surface area (Å²) in [4.78, 5) is 31.3. The van der Waals surface area contributed by atoms with Crippen LogP contribution in [0, 0.1) is 11.8 Å². The third-order valence-corrected chi connectivity index (χ3v) is 5.37. The second-order valence-electron chi connectivity index (χ2n) is 5.69. The molecule has 128 valence electrons. The van der Waals surface area contributed by atoms with Gasteiger partial charge in [0.2, 0.25) is 0 Å². The summed E-state index contributed by atoms with van der Waals surface area (Å²) in [5.74, 6) is -0.476.